The lowest BCUT2D eigenvalue weighted by Gasteiger charge is -1.99. The lowest BCUT2D eigenvalue weighted by atomic mass is 10.1. The molecule has 1 aliphatic rings. The monoisotopic (exact) mass is 445 g/mol. The summed E-state index contributed by atoms with van der Waals surface area (Å²) < 4.78 is 1.26. The first-order valence-electron chi connectivity index (χ1n) is 8.48. The van der Waals surface area contributed by atoms with Gasteiger partial charge in [0.2, 0.25) is 11.8 Å². The third-order valence-electron chi connectivity index (χ3n) is 4.34. The molecule has 0 saturated carbocycles. The molecular formula is C20H17Cl2N5OS. The van der Waals surface area contributed by atoms with Crippen molar-refractivity contribution >= 4 is 75.9 Å². The Balaban J connectivity index is 0.00000120. The van der Waals surface area contributed by atoms with Crippen LogP contribution in [-0.2, 0) is 6.54 Å². The first kappa shape index (κ1) is 20.9. The summed E-state index contributed by atoms with van der Waals surface area (Å²) in [5.74, 6) is 1.16. The summed E-state index contributed by atoms with van der Waals surface area (Å²) in [6, 6.07) is 14.3. The fourth-order valence-electron chi connectivity index (χ4n) is 3.05. The molecule has 4 aromatic rings. The largest absolute Gasteiger partial charge is 0.492 e. The van der Waals surface area contributed by atoms with Crippen molar-refractivity contribution in [1.82, 2.24) is 15.0 Å². The minimum atomic E-state index is -0.0490. The topological polar surface area (TPSA) is 86.2 Å². The van der Waals surface area contributed by atoms with Crippen LogP contribution in [0.15, 0.2) is 53.7 Å². The van der Waals surface area contributed by atoms with Crippen molar-refractivity contribution in [2.24, 2.45) is 4.99 Å². The predicted octanol–water partition coefficient (Wildman–Crippen LogP) is 5.44. The summed E-state index contributed by atoms with van der Waals surface area (Å²) in [6.45, 7) is 0.635. The van der Waals surface area contributed by atoms with Crippen molar-refractivity contribution in [2.75, 3.05) is 5.32 Å². The van der Waals surface area contributed by atoms with Crippen LogP contribution < -0.4 is 5.32 Å². The van der Waals surface area contributed by atoms with E-state index in [1.54, 1.807) is 23.7 Å². The molecule has 148 valence electrons. The van der Waals surface area contributed by atoms with Gasteiger partial charge in [-0.2, -0.15) is 4.98 Å². The number of benzene rings is 1. The molecule has 0 saturated heterocycles. The van der Waals surface area contributed by atoms with E-state index < -0.39 is 0 Å². The van der Waals surface area contributed by atoms with Gasteiger partial charge in [-0.1, -0.05) is 18.2 Å². The average Bonchev–Trinajstić information content (AvgIpc) is 3.38. The second kappa shape index (κ2) is 8.65. The Morgan fingerprint density at radius 3 is 2.86 bits per heavy atom. The average molecular weight is 446 g/mol. The number of allylic oxidation sites excluding steroid dienone is 1. The molecule has 29 heavy (non-hydrogen) atoms. The number of fused-ring (bicyclic) bond motifs is 2. The number of aliphatic imine (C=N–C) groups is 1. The van der Waals surface area contributed by atoms with Gasteiger partial charge in [-0.25, -0.2) is 9.98 Å². The number of thiophene rings is 1. The Morgan fingerprint density at radius 1 is 1.14 bits per heavy atom. The SMILES string of the molecule is Cl.Cl.Oc1nc(NCc2cc3ccccc3s2)[nH]c1C=C1C=Nc2ncccc21. The van der Waals surface area contributed by atoms with Gasteiger partial charge in [-0.05, 0) is 35.7 Å². The third kappa shape index (κ3) is 4.12. The molecule has 0 bridgehead atoms. The molecule has 0 spiro atoms. The zero-order valence-corrected chi connectivity index (χ0v) is 17.4. The molecule has 9 heteroatoms. The molecule has 0 radical (unpaired) electrons. The maximum absolute atomic E-state index is 10.2. The van der Waals surface area contributed by atoms with Gasteiger partial charge in [0, 0.05) is 33.1 Å². The predicted molar refractivity (Wildman–Crippen MR) is 124 cm³/mol. The third-order valence-corrected chi connectivity index (χ3v) is 5.46. The van der Waals surface area contributed by atoms with Crippen LogP contribution in [-0.4, -0.2) is 26.3 Å². The number of aromatic hydroxyl groups is 1. The number of nitrogens with zero attached hydrogens (tertiary/aromatic N) is 3. The number of hydrogen-bond donors (Lipinski definition) is 3. The van der Waals surface area contributed by atoms with Crippen molar-refractivity contribution in [3.05, 3.63) is 64.8 Å². The standard InChI is InChI=1S/C20H15N5OS.2ClH/c26-19-16(9-13-10-22-18-15(13)5-3-7-21-18)24-20(25-19)23-11-14-8-12-4-1-2-6-17(12)27-14;;/h1-10,26H,11H2,(H2,23,24,25);2*1H. The number of pyridine rings is 1. The number of anilines is 1. The first-order chi connectivity index (χ1) is 13.3. The van der Waals surface area contributed by atoms with Gasteiger partial charge in [0.15, 0.2) is 5.82 Å². The van der Waals surface area contributed by atoms with E-state index in [-0.39, 0.29) is 30.7 Å². The van der Waals surface area contributed by atoms with Gasteiger partial charge in [0.25, 0.3) is 0 Å². The van der Waals surface area contributed by atoms with Gasteiger partial charge in [-0.3, -0.25) is 0 Å². The fraction of sp³-hybridized carbons (Fsp3) is 0.0500. The second-order valence-corrected chi connectivity index (χ2v) is 7.33. The maximum atomic E-state index is 10.2. The Labute approximate surface area is 183 Å². The minimum absolute atomic E-state index is 0. The van der Waals surface area contributed by atoms with E-state index >= 15 is 0 Å². The lowest BCUT2D eigenvalue weighted by Crippen LogP contribution is -1.98. The highest BCUT2D eigenvalue weighted by atomic mass is 35.5. The number of H-pyrrole nitrogens is 1. The molecule has 0 aliphatic carbocycles. The highest BCUT2D eigenvalue weighted by Crippen LogP contribution is 2.32. The Hall–Kier alpha value is -2.87. The van der Waals surface area contributed by atoms with Crippen LogP contribution in [0.4, 0.5) is 11.8 Å². The maximum Gasteiger partial charge on any atom is 0.238 e. The highest BCUT2D eigenvalue weighted by Gasteiger charge is 2.15. The second-order valence-electron chi connectivity index (χ2n) is 6.16. The van der Waals surface area contributed by atoms with Gasteiger partial charge in [0.1, 0.15) is 5.69 Å². The summed E-state index contributed by atoms with van der Waals surface area (Å²) in [5.41, 5.74) is 2.35. The zero-order chi connectivity index (χ0) is 18.2. The lowest BCUT2D eigenvalue weighted by molar-refractivity contribution is 0.455. The highest BCUT2D eigenvalue weighted by molar-refractivity contribution is 7.19. The summed E-state index contributed by atoms with van der Waals surface area (Å²) in [5, 5.41) is 14.6. The minimum Gasteiger partial charge on any atom is -0.492 e. The smallest absolute Gasteiger partial charge is 0.238 e. The number of rotatable bonds is 4. The molecule has 0 amide bonds. The van der Waals surface area contributed by atoms with Gasteiger partial charge >= 0.3 is 0 Å². The van der Waals surface area contributed by atoms with Crippen LogP contribution in [0, 0.1) is 0 Å². The first-order valence-corrected chi connectivity index (χ1v) is 9.29. The van der Waals surface area contributed by atoms with E-state index in [2.05, 4.69) is 43.5 Å². The Morgan fingerprint density at radius 2 is 2.00 bits per heavy atom. The Kier molecular flexibility index (Phi) is 6.22. The van der Waals surface area contributed by atoms with Crippen molar-refractivity contribution in [3.63, 3.8) is 0 Å². The molecule has 3 N–H and O–H groups in total. The number of aromatic amines is 1. The summed E-state index contributed by atoms with van der Waals surface area (Å²) >= 11 is 1.74. The molecule has 4 heterocycles. The van der Waals surface area contributed by atoms with Gasteiger partial charge in [0.05, 0.1) is 6.54 Å². The van der Waals surface area contributed by atoms with E-state index in [1.165, 1.54) is 15.0 Å². The molecule has 1 aromatic carbocycles. The molecule has 6 nitrogen and oxygen atoms in total. The molecule has 0 atom stereocenters. The van der Waals surface area contributed by atoms with Crippen LogP contribution in [0.3, 0.4) is 0 Å². The van der Waals surface area contributed by atoms with Crippen molar-refractivity contribution in [2.45, 2.75) is 6.54 Å². The molecule has 1 aliphatic heterocycles. The molecular weight excluding hydrogens is 429 g/mol. The van der Waals surface area contributed by atoms with E-state index in [4.69, 9.17) is 0 Å². The van der Waals surface area contributed by atoms with E-state index in [0.29, 0.717) is 24.0 Å². The van der Waals surface area contributed by atoms with Crippen LogP contribution in [0.1, 0.15) is 16.1 Å². The number of halogens is 2. The summed E-state index contributed by atoms with van der Waals surface area (Å²) in [4.78, 5) is 17.0. The Bertz CT molecular complexity index is 1180. The normalized spacial score (nSPS) is 13.2. The van der Waals surface area contributed by atoms with Crippen molar-refractivity contribution < 1.29 is 5.11 Å². The molecule has 0 fully saturated rings. The van der Waals surface area contributed by atoms with Crippen molar-refractivity contribution in [3.8, 4) is 5.88 Å². The number of nitrogens with one attached hydrogen (secondary N) is 2. The quantitative estimate of drug-likeness (QED) is 0.390. The van der Waals surface area contributed by atoms with Crippen LogP contribution >= 0.6 is 36.2 Å². The molecule has 0 unspecified atom stereocenters. The van der Waals surface area contributed by atoms with E-state index in [0.717, 1.165) is 11.1 Å². The number of aromatic nitrogens is 3. The summed E-state index contributed by atoms with van der Waals surface area (Å²) in [6.07, 6.45) is 5.27. The number of imidazole rings is 1. The summed E-state index contributed by atoms with van der Waals surface area (Å²) in [7, 11) is 0. The molecule has 5 rings (SSSR count). The van der Waals surface area contributed by atoms with Gasteiger partial charge < -0.3 is 15.4 Å². The van der Waals surface area contributed by atoms with Crippen molar-refractivity contribution in [1.29, 1.82) is 0 Å². The van der Waals surface area contributed by atoms with Crippen LogP contribution in [0.25, 0.3) is 21.7 Å². The van der Waals surface area contributed by atoms with Gasteiger partial charge in [-0.15, -0.1) is 36.2 Å². The van der Waals surface area contributed by atoms with E-state index in [1.807, 2.05) is 30.3 Å². The van der Waals surface area contributed by atoms with E-state index in [9.17, 15) is 5.11 Å². The van der Waals surface area contributed by atoms with Crippen LogP contribution in [0.5, 0.6) is 5.88 Å². The number of hydrogen-bond acceptors (Lipinski definition) is 6. The van der Waals surface area contributed by atoms with Crippen LogP contribution in [0.2, 0.25) is 0 Å². The fourth-order valence-corrected chi connectivity index (χ4v) is 4.06. The zero-order valence-electron chi connectivity index (χ0n) is 15.0. The molecule has 3 aromatic heterocycles.